The fourth-order valence-electron chi connectivity index (χ4n) is 4.04. The largest absolute Gasteiger partial charge is 0.481 e. The second-order valence-electron chi connectivity index (χ2n) is 7.80. The topological polar surface area (TPSA) is 95.9 Å². The Hall–Kier alpha value is -3.35. The lowest BCUT2D eigenvalue weighted by atomic mass is 9.98. The van der Waals surface area contributed by atoms with E-state index in [1.54, 1.807) is 7.05 Å². The maximum atomic E-state index is 12.6. The molecule has 156 valence electrons. The van der Waals surface area contributed by atoms with Gasteiger partial charge in [0.2, 0.25) is 5.91 Å². The first-order valence-electron chi connectivity index (χ1n) is 10.1. The number of carboxylic acid groups (broad SMARTS) is 1. The molecule has 7 heteroatoms. The number of likely N-dealkylation sites (N-methyl/N-ethyl adjacent to an activating group) is 1. The van der Waals surface area contributed by atoms with Gasteiger partial charge in [0.05, 0.1) is 6.42 Å². The lowest BCUT2D eigenvalue weighted by molar-refractivity contribution is -0.142. The molecular weight excluding hydrogens is 384 g/mol. The number of hydrogen-bond acceptors (Lipinski definition) is 4. The first-order valence-corrected chi connectivity index (χ1v) is 10.1. The average molecular weight is 408 g/mol. The average Bonchev–Trinajstić information content (AvgIpc) is 3.53. The van der Waals surface area contributed by atoms with E-state index in [0.29, 0.717) is 0 Å². The molecule has 2 N–H and O–H groups in total. The molecule has 2 aromatic rings. The third-order valence-corrected chi connectivity index (χ3v) is 5.75. The van der Waals surface area contributed by atoms with Gasteiger partial charge in [-0.25, -0.2) is 4.79 Å². The number of nitrogens with one attached hydrogen (secondary N) is 1. The Morgan fingerprint density at radius 3 is 2.17 bits per heavy atom. The molecule has 2 amide bonds. The molecule has 7 nitrogen and oxygen atoms in total. The van der Waals surface area contributed by atoms with E-state index >= 15 is 0 Å². The van der Waals surface area contributed by atoms with Gasteiger partial charge in [-0.05, 0) is 35.1 Å². The Kier molecular flexibility index (Phi) is 5.44. The van der Waals surface area contributed by atoms with Gasteiger partial charge in [0, 0.05) is 19.0 Å². The highest BCUT2D eigenvalue weighted by Crippen LogP contribution is 2.44. The van der Waals surface area contributed by atoms with Gasteiger partial charge < -0.3 is 20.1 Å². The Morgan fingerprint density at radius 1 is 1.07 bits per heavy atom. The summed E-state index contributed by atoms with van der Waals surface area (Å²) in [7, 11) is 1.63. The Morgan fingerprint density at radius 2 is 1.63 bits per heavy atom. The molecule has 0 aromatic heterocycles. The van der Waals surface area contributed by atoms with Gasteiger partial charge in [0.25, 0.3) is 0 Å². The van der Waals surface area contributed by atoms with Gasteiger partial charge in [-0.3, -0.25) is 9.59 Å². The fraction of sp³-hybridized carbons (Fsp3) is 0.348. The van der Waals surface area contributed by atoms with Gasteiger partial charge in [0.1, 0.15) is 12.6 Å². The Balaban J connectivity index is 1.43. The van der Waals surface area contributed by atoms with Crippen molar-refractivity contribution in [2.24, 2.45) is 0 Å². The van der Waals surface area contributed by atoms with E-state index < -0.39 is 30.4 Å². The van der Waals surface area contributed by atoms with Crippen molar-refractivity contribution in [3.63, 3.8) is 0 Å². The molecule has 0 aliphatic heterocycles. The second kappa shape index (κ2) is 8.18. The summed E-state index contributed by atoms with van der Waals surface area (Å²) < 4.78 is 5.44. The van der Waals surface area contributed by atoms with Crippen LogP contribution in [0.3, 0.4) is 0 Å². The Labute approximate surface area is 174 Å². The number of nitrogens with zero attached hydrogens (tertiary/aromatic N) is 1. The molecule has 4 rings (SSSR count). The summed E-state index contributed by atoms with van der Waals surface area (Å²) in [5.74, 6) is -1.67. The summed E-state index contributed by atoms with van der Waals surface area (Å²) in [6, 6.07) is 15.0. The first-order chi connectivity index (χ1) is 14.5. The molecule has 1 atom stereocenters. The molecule has 0 bridgehead atoms. The van der Waals surface area contributed by atoms with Gasteiger partial charge in [-0.15, -0.1) is 0 Å². The normalized spacial score (nSPS) is 15.6. The molecule has 0 heterocycles. The third-order valence-electron chi connectivity index (χ3n) is 5.75. The minimum atomic E-state index is -1.16. The first kappa shape index (κ1) is 19.9. The number of carboxylic acids is 1. The fourth-order valence-corrected chi connectivity index (χ4v) is 4.04. The number of amides is 2. The van der Waals surface area contributed by atoms with Crippen LogP contribution in [0.1, 0.15) is 36.3 Å². The predicted octanol–water partition coefficient (Wildman–Crippen LogP) is 2.99. The molecule has 1 unspecified atom stereocenters. The molecule has 0 spiro atoms. The van der Waals surface area contributed by atoms with E-state index in [1.807, 2.05) is 48.5 Å². The minimum absolute atomic E-state index is 0.103. The second-order valence-corrected chi connectivity index (χ2v) is 7.80. The summed E-state index contributed by atoms with van der Waals surface area (Å²) in [5.41, 5.74) is 4.40. The lowest BCUT2D eigenvalue weighted by Crippen LogP contribution is -2.49. The third kappa shape index (κ3) is 4.01. The van der Waals surface area contributed by atoms with Crippen LogP contribution in [0.25, 0.3) is 11.1 Å². The molecule has 2 aliphatic carbocycles. The molecule has 1 fully saturated rings. The van der Waals surface area contributed by atoms with Crippen LogP contribution in [0, 0.1) is 0 Å². The van der Waals surface area contributed by atoms with Crippen LogP contribution >= 0.6 is 0 Å². The van der Waals surface area contributed by atoms with E-state index in [9.17, 15) is 14.4 Å². The standard InChI is InChI=1S/C23H24N2O5/c1-25(14-10-11-14)22(28)20(12-21(26)27)24-23(29)30-13-19-17-8-4-2-6-15(17)16-7-3-5-9-18(16)19/h2-9,14,19-20H,10-13H2,1H3,(H,24,29)(H,26,27). The highest BCUT2D eigenvalue weighted by molar-refractivity contribution is 5.89. The molecular formula is C23H24N2O5. The van der Waals surface area contributed by atoms with Crippen molar-refractivity contribution in [2.45, 2.75) is 37.3 Å². The minimum Gasteiger partial charge on any atom is -0.481 e. The number of carbonyl (C=O) groups is 3. The molecule has 30 heavy (non-hydrogen) atoms. The van der Waals surface area contributed by atoms with Crippen molar-refractivity contribution < 1.29 is 24.2 Å². The van der Waals surface area contributed by atoms with E-state index in [4.69, 9.17) is 9.84 Å². The van der Waals surface area contributed by atoms with Crippen molar-refractivity contribution >= 4 is 18.0 Å². The molecule has 1 saturated carbocycles. The zero-order valence-electron chi connectivity index (χ0n) is 16.7. The van der Waals surface area contributed by atoms with Crippen molar-refractivity contribution in [3.8, 4) is 11.1 Å². The van der Waals surface area contributed by atoms with Crippen molar-refractivity contribution in [1.82, 2.24) is 10.2 Å². The summed E-state index contributed by atoms with van der Waals surface area (Å²) in [4.78, 5) is 37.7. The SMILES string of the molecule is CN(C(=O)C(CC(=O)O)NC(=O)OCC1c2ccccc2-c2ccccc21)C1CC1. The van der Waals surface area contributed by atoms with Gasteiger partial charge >= 0.3 is 12.1 Å². The van der Waals surface area contributed by atoms with E-state index in [1.165, 1.54) is 4.90 Å². The highest BCUT2D eigenvalue weighted by atomic mass is 16.5. The quantitative estimate of drug-likeness (QED) is 0.734. The molecule has 0 saturated heterocycles. The van der Waals surface area contributed by atoms with Crippen molar-refractivity contribution in [1.29, 1.82) is 0 Å². The molecule has 0 radical (unpaired) electrons. The smallest absolute Gasteiger partial charge is 0.407 e. The zero-order chi connectivity index (χ0) is 21.3. The van der Waals surface area contributed by atoms with Gasteiger partial charge in [0.15, 0.2) is 0 Å². The summed E-state index contributed by atoms with van der Waals surface area (Å²) in [6.45, 7) is 0.103. The van der Waals surface area contributed by atoms with Crippen LogP contribution in [0.2, 0.25) is 0 Å². The zero-order valence-corrected chi connectivity index (χ0v) is 16.7. The summed E-state index contributed by atoms with van der Waals surface area (Å²) in [6.07, 6.45) is 0.515. The number of benzene rings is 2. The van der Waals surface area contributed by atoms with Gasteiger partial charge in [-0.2, -0.15) is 0 Å². The van der Waals surface area contributed by atoms with Crippen LogP contribution in [0.15, 0.2) is 48.5 Å². The number of aliphatic carboxylic acids is 1. The van der Waals surface area contributed by atoms with Crippen LogP contribution in [0.4, 0.5) is 4.79 Å². The monoisotopic (exact) mass is 408 g/mol. The number of ether oxygens (including phenoxy) is 1. The predicted molar refractivity (Wildman–Crippen MR) is 110 cm³/mol. The Bertz CT molecular complexity index is 940. The van der Waals surface area contributed by atoms with Crippen molar-refractivity contribution in [3.05, 3.63) is 59.7 Å². The number of carbonyl (C=O) groups excluding carboxylic acids is 2. The summed E-state index contributed by atoms with van der Waals surface area (Å²) in [5, 5.41) is 11.6. The van der Waals surface area contributed by atoms with E-state index in [0.717, 1.165) is 35.1 Å². The molecule has 2 aromatic carbocycles. The maximum absolute atomic E-state index is 12.6. The maximum Gasteiger partial charge on any atom is 0.407 e. The van der Waals surface area contributed by atoms with Crippen LogP contribution in [-0.4, -0.2) is 53.7 Å². The van der Waals surface area contributed by atoms with Gasteiger partial charge in [-0.1, -0.05) is 48.5 Å². The number of hydrogen-bond donors (Lipinski definition) is 2. The van der Waals surface area contributed by atoms with Crippen LogP contribution in [-0.2, 0) is 14.3 Å². The lowest BCUT2D eigenvalue weighted by Gasteiger charge is -2.23. The van der Waals surface area contributed by atoms with Crippen molar-refractivity contribution in [2.75, 3.05) is 13.7 Å². The number of rotatable bonds is 7. The summed E-state index contributed by atoms with van der Waals surface area (Å²) >= 11 is 0. The van der Waals surface area contributed by atoms with Crippen LogP contribution < -0.4 is 5.32 Å². The molecule has 2 aliphatic rings. The number of alkyl carbamates (subject to hydrolysis) is 1. The van der Waals surface area contributed by atoms with Crippen LogP contribution in [0.5, 0.6) is 0 Å². The van der Waals surface area contributed by atoms with E-state index in [2.05, 4.69) is 5.32 Å². The number of fused-ring (bicyclic) bond motifs is 3. The van der Waals surface area contributed by atoms with E-state index in [-0.39, 0.29) is 18.6 Å². The highest BCUT2D eigenvalue weighted by Gasteiger charge is 2.35.